The Hall–Kier alpha value is -1.32. The normalized spacial score (nSPS) is 11.9. The Kier molecular flexibility index (Phi) is 34.1. The summed E-state index contributed by atoms with van der Waals surface area (Å²) in [6.45, 7) is 8.32. The van der Waals surface area contributed by atoms with Gasteiger partial charge in [-0.15, -0.1) is 0 Å². The Morgan fingerprint density at radius 2 is 0.837 bits per heavy atom. The van der Waals surface area contributed by atoms with Crippen molar-refractivity contribution in [1.29, 1.82) is 0 Å². The van der Waals surface area contributed by atoms with Crippen molar-refractivity contribution in [2.75, 3.05) is 6.61 Å². The van der Waals surface area contributed by atoms with Gasteiger partial charge in [0.2, 0.25) is 0 Å². The SMILES string of the molecule is C=CCOC(=O)C(CCCCCCCCCCCCCCCC)OC(=O)CCCCCCCCCCCCCCCCC. The van der Waals surface area contributed by atoms with Gasteiger partial charge in [-0.2, -0.15) is 0 Å². The lowest BCUT2D eigenvalue weighted by Gasteiger charge is -2.16. The second kappa shape index (κ2) is 35.2. The highest BCUT2D eigenvalue weighted by molar-refractivity contribution is 5.79. The monoisotopic (exact) mass is 607 g/mol. The molecule has 0 aromatic carbocycles. The molecule has 43 heavy (non-hydrogen) atoms. The molecule has 0 bridgehead atoms. The molecule has 4 heteroatoms. The molecule has 0 aliphatic rings. The van der Waals surface area contributed by atoms with Crippen molar-refractivity contribution in [2.24, 2.45) is 0 Å². The Morgan fingerprint density at radius 1 is 0.512 bits per heavy atom. The van der Waals surface area contributed by atoms with E-state index in [0.29, 0.717) is 12.8 Å². The summed E-state index contributed by atoms with van der Waals surface area (Å²) in [5.41, 5.74) is 0. The van der Waals surface area contributed by atoms with E-state index >= 15 is 0 Å². The van der Waals surface area contributed by atoms with Crippen LogP contribution >= 0.6 is 0 Å². The molecular formula is C39H74O4. The first-order valence-corrected chi connectivity index (χ1v) is 19.1. The van der Waals surface area contributed by atoms with E-state index in [4.69, 9.17) is 9.47 Å². The summed E-state index contributed by atoms with van der Waals surface area (Å²) in [5.74, 6) is -0.694. The van der Waals surface area contributed by atoms with Crippen LogP contribution in [0.1, 0.15) is 213 Å². The molecule has 1 atom stereocenters. The molecule has 0 amide bonds. The third-order valence-electron chi connectivity index (χ3n) is 8.68. The Labute approximate surface area is 268 Å². The molecule has 0 aliphatic heterocycles. The number of rotatable bonds is 35. The van der Waals surface area contributed by atoms with Gasteiger partial charge in [-0.05, 0) is 19.3 Å². The molecule has 0 saturated heterocycles. The summed E-state index contributed by atoms with van der Waals surface area (Å²) < 4.78 is 10.8. The van der Waals surface area contributed by atoms with Gasteiger partial charge in [0.1, 0.15) is 6.61 Å². The van der Waals surface area contributed by atoms with E-state index in [1.807, 2.05) is 0 Å². The molecule has 0 heterocycles. The molecule has 0 rings (SSSR count). The van der Waals surface area contributed by atoms with Crippen molar-refractivity contribution < 1.29 is 19.1 Å². The third-order valence-corrected chi connectivity index (χ3v) is 8.68. The second-order valence-corrected chi connectivity index (χ2v) is 13.0. The lowest BCUT2D eigenvalue weighted by atomic mass is 10.0. The fourth-order valence-electron chi connectivity index (χ4n) is 5.84. The molecule has 254 valence electrons. The zero-order valence-electron chi connectivity index (χ0n) is 29.1. The molecule has 0 fully saturated rings. The quantitative estimate of drug-likeness (QED) is 0.0409. The maximum absolute atomic E-state index is 12.5. The van der Waals surface area contributed by atoms with Gasteiger partial charge in [0.25, 0.3) is 0 Å². The van der Waals surface area contributed by atoms with Crippen LogP contribution in [0.3, 0.4) is 0 Å². The third kappa shape index (κ3) is 31.9. The van der Waals surface area contributed by atoms with Gasteiger partial charge >= 0.3 is 11.9 Å². The van der Waals surface area contributed by atoms with Crippen molar-refractivity contribution in [2.45, 2.75) is 219 Å². The summed E-state index contributed by atoms with van der Waals surface area (Å²) in [4.78, 5) is 24.9. The topological polar surface area (TPSA) is 52.6 Å². The summed E-state index contributed by atoms with van der Waals surface area (Å²) in [6.07, 6.45) is 39.3. The predicted octanol–water partition coefficient (Wildman–Crippen LogP) is 12.8. The van der Waals surface area contributed by atoms with Crippen molar-refractivity contribution in [3.63, 3.8) is 0 Å². The van der Waals surface area contributed by atoms with Crippen molar-refractivity contribution >= 4 is 11.9 Å². The highest BCUT2D eigenvalue weighted by Gasteiger charge is 2.23. The van der Waals surface area contributed by atoms with Gasteiger partial charge in [0, 0.05) is 6.42 Å². The minimum atomic E-state index is -0.777. The number of carbonyl (C=O) groups excluding carboxylic acids is 2. The molecule has 0 aromatic rings. The maximum Gasteiger partial charge on any atom is 0.347 e. The number of hydrogen-bond acceptors (Lipinski definition) is 4. The first-order valence-electron chi connectivity index (χ1n) is 19.1. The van der Waals surface area contributed by atoms with E-state index in [2.05, 4.69) is 20.4 Å². The minimum absolute atomic E-state index is 0.157. The van der Waals surface area contributed by atoms with Gasteiger partial charge in [0.05, 0.1) is 0 Å². The summed E-state index contributed by atoms with van der Waals surface area (Å²) in [7, 11) is 0. The van der Waals surface area contributed by atoms with Crippen LogP contribution in [0.4, 0.5) is 0 Å². The van der Waals surface area contributed by atoms with Crippen molar-refractivity contribution in [3.05, 3.63) is 12.7 Å². The molecular weight excluding hydrogens is 532 g/mol. The van der Waals surface area contributed by atoms with E-state index in [0.717, 1.165) is 25.7 Å². The Balaban J connectivity index is 3.82. The molecule has 4 nitrogen and oxygen atoms in total. The predicted molar refractivity (Wildman–Crippen MR) is 186 cm³/mol. The lowest BCUT2D eigenvalue weighted by molar-refractivity contribution is -0.167. The smallest absolute Gasteiger partial charge is 0.347 e. The summed E-state index contributed by atoms with van der Waals surface area (Å²) >= 11 is 0. The van der Waals surface area contributed by atoms with Crippen LogP contribution in [0, 0.1) is 0 Å². The number of unbranched alkanes of at least 4 members (excludes halogenated alkanes) is 27. The number of ether oxygens (including phenoxy) is 2. The fourth-order valence-corrected chi connectivity index (χ4v) is 5.84. The first kappa shape index (κ1) is 41.7. The minimum Gasteiger partial charge on any atom is -0.459 e. The maximum atomic E-state index is 12.5. The molecule has 0 aliphatic carbocycles. The zero-order valence-corrected chi connectivity index (χ0v) is 29.1. The van der Waals surface area contributed by atoms with E-state index in [1.165, 1.54) is 161 Å². The summed E-state index contributed by atoms with van der Waals surface area (Å²) in [5, 5.41) is 0. The van der Waals surface area contributed by atoms with E-state index in [-0.39, 0.29) is 12.6 Å². The Bertz CT molecular complexity index is 602. The fraction of sp³-hybridized carbons (Fsp3) is 0.897. The largest absolute Gasteiger partial charge is 0.459 e. The van der Waals surface area contributed by atoms with Crippen LogP contribution in [0.15, 0.2) is 12.7 Å². The van der Waals surface area contributed by atoms with Crippen LogP contribution in [0.2, 0.25) is 0 Å². The second-order valence-electron chi connectivity index (χ2n) is 13.0. The number of esters is 2. The highest BCUT2D eigenvalue weighted by Crippen LogP contribution is 2.17. The van der Waals surface area contributed by atoms with E-state index in [1.54, 1.807) is 6.08 Å². The van der Waals surface area contributed by atoms with Crippen molar-refractivity contribution in [1.82, 2.24) is 0 Å². The van der Waals surface area contributed by atoms with E-state index in [9.17, 15) is 9.59 Å². The standard InChI is InChI=1S/C39H74O4/c1-4-7-9-11-13-15-17-19-21-23-25-27-29-31-33-35-38(40)43-37(39(41)42-36-6-3)34-32-30-28-26-24-22-20-18-16-14-12-10-8-5-2/h6,37H,3-5,7-36H2,1-2H3. The average Bonchev–Trinajstić information content (AvgIpc) is 3.01. The molecule has 0 saturated carbocycles. The van der Waals surface area contributed by atoms with Crippen LogP contribution in [0.5, 0.6) is 0 Å². The number of carbonyl (C=O) groups is 2. The highest BCUT2D eigenvalue weighted by atomic mass is 16.6. The van der Waals surface area contributed by atoms with Gasteiger partial charge in [-0.3, -0.25) is 4.79 Å². The van der Waals surface area contributed by atoms with Crippen LogP contribution in [-0.4, -0.2) is 24.6 Å². The van der Waals surface area contributed by atoms with Crippen molar-refractivity contribution in [3.8, 4) is 0 Å². The number of hydrogen-bond donors (Lipinski definition) is 0. The van der Waals surface area contributed by atoms with Gasteiger partial charge in [0.15, 0.2) is 6.10 Å². The first-order chi connectivity index (χ1) is 21.2. The van der Waals surface area contributed by atoms with Gasteiger partial charge in [-0.25, -0.2) is 4.79 Å². The molecule has 0 radical (unpaired) electrons. The molecule has 0 spiro atoms. The zero-order chi connectivity index (χ0) is 31.5. The molecule has 0 aromatic heterocycles. The molecule has 0 N–H and O–H groups in total. The van der Waals surface area contributed by atoms with E-state index < -0.39 is 12.1 Å². The molecule has 1 unspecified atom stereocenters. The van der Waals surface area contributed by atoms with Crippen LogP contribution in [0.25, 0.3) is 0 Å². The van der Waals surface area contributed by atoms with Crippen LogP contribution < -0.4 is 0 Å². The Morgan fingerprint density at radius 3 is 1.19 bits per heavy atom. The van der Waals surface area contributed by atoms with Crippen LogP contribution in [-0.2, 0) is 19.1 Å². The van der Waals surface area contributed by atoms with Gasteiger partial charge < -0.3 is 9.47 Å². The lowest BCUT2D eigenvalue weighted by Crippen LogP contribution is -2.29. The summed E-state index contributed by atoms with van der Waals surface area (Å²) in [6, 6.07) is 0. The average molecular weight is 607 g/mol. The van der Waals surface area contributed by atoms with Gasteiger partial charge in [-0.1, -0.05) is 200 Å².